The van der Waals surface area contributed by atoms with E-state index in [0.29, 0.717) is 0 Å². The number of allylic oxidation sites excluding steroid dienone is 1. The Morgan fingerprint density at radius 1 is 0.690 bits per heavy atom. The van der Waals surface area contributed by atoms with E-state index in [1.54, 1.807) is 0 Å². The fraction of sp³-hybridized carbons (Fsp3) is 0.0811. The van der Waals surface area contributed by atoms with Crippen molar-refractivity contribution in [2.24, 2.45) is 0 Å². The summed E-state index contributed by atoms with van der Waals surface area (Å²) in [4.78, 5) is 6.60. The Labute approximate surface area is 255 Å². The molecular weight excluding hydrogens is 547 g/mol. The highest BCUT2D eigenvalue weighted by Gasteiger charge is 2.46. The van der Waals surface area contributed by atoms with Crippen molar-refractivity contribution in [3.8, 4) is 11.1 Å². The summed E-state index contributed by atoms with van der Waals surface area (Å²) in [6.07, 6.45) is 1.09. The highest BCUT2D eigenvalue weighted by Crippen LogP contribution is 2.50. The third-order valence-corrected chi connectivity index (χ3v) is 11.0. The lowest BCUT2D eigenvalue weighted by molar-refractivity contribution is 1.04. The summed E-state index contributed by atoms with van der Waals surface area (Å²) in [5.41, 5.74) is 14.6. The zero-order chi connectivity index (χ0) is 27.8. The van der Waals surface area contributed by atoms with Gasteiger partial charge in [0.15, 0.2) is 0 Å². The topological polar surface area (TPSA) is 6.48 Å². The van der Waals surface area contributed by atoms with Gasteiger partial charge in [0.25, 0.3) is 6.71 Å². The van der Waals surface area contributed by atoms with E-state index in [-0.39, 0.29) is 6.71 Å². The summed E-state index contributed by atoms with van der Waals surface area (Å²) >= 11 is 3.91. The van der Waals surface area contributed by atoms with Crippen LogP contribution >= 0.6 is 23.1 Å². The van der Waals surface area contributed by atoms with E-state index in [9.17, 15) is 0 Å². The number of hydrogen-bond acceptors (Lipinski definition) is 4. The Kier molecular flexibility index (Phi) is 5.47. The molecule has 0 atom stereocenters. The lowest BCUT2D eigenvalue weighted by Gasteiger charge is -2.44. The van der Waals surface area contributed by atoms with Crippen molar-refractivity contribution in [2.45, 2.75) is 13.3 Å². The van der Waals surface area contributed by atoms with Gasteiger partial charge in [-0.3, -0.25) is 0 Å². The number of hydrogen-bond donors (Lipinski definition) is 0. The SMILES string of the molecule is Cc1cc2c3c(c1)N(c1ccccc1)c1cc4scc(-c5ccccc5)c4cc1B3C1=C(CCS1)N2c1ccccc1. The van der Waals surface area contributed by atoms with Gasteiger partial charge >= 0.3 is 0 Å². The highest BCUT2D eigenvalue weighted by molar-refractivity contribution is 8.05. The molecule has 0 bridgehead atoms. The number of para-hydroxylation sites is 2. The normalized spacial score (nSPS) is 15.2. The van der Waals surface area contributed by atoms with Crippen LogP contribution in [0.4, 0.5) is 28.4 Å². The molecule has 3 aliphatic rings. The Morgan fingerprint density at radius 3 is 2.05 bits per heavy atom. The summed E-state index contributed by atoms with van der Waals surface area (Å²) in [7, 11) is 0. The Hall–Kier alpha value is -4.19. The van der Waals surface area contributed by atoms with Gasteiger partial charge in [0.1, 0.15) is 0 Å². The molecule has 4 heterocycles. The van der Waals surface area contributed by atoms with Crippen molar-refractivity contribution in [3.05, 3.63) is 137 Å². The molecule has 1 aromatic heterocycles. The van der Waals surface area contributed by atoms with Crippen LogP contribution in [-0.2, 0) is 0 Å². The number of benzene rings is 5. The smallest absolute Gasteiger partial charge is 0.259 e. The van der Waals surface area contributed by atoms with Crippen LogP contribution in [0.5, 0.6) is 0 Å². The number of thiophene rings is 1. The van der Waals surface area contributed by atoms with E-state index in [4.69, 9.17) is 0 Å². The first-order valence-electron chi connectivity index (χ1n) is 14.6. The molecule has 0 saturated heterocycles. The van der Waals surface area contributed by atoms with Crippen LogP contribution in [0, 0.1) is 6.92 Å². The van der Waals surface area contributed by atoms with Crippen molar-refractivity contribution in [3.63, 3.8) is 0 Å². The average Bonchev–Trinajstić information content (AvgIpc) is 3.68. The second-order valence-corrected chi connectivity index (χ2v) is 13.4. The highest BCUT2D eigenvalue weighted by atomic mass is 32.2. The van der Waals surface area contributed by atoms with Gasteiger partial charge in [-0.15, -0.1) is 23.1 Å². The standard InChI is InChI=1S/C37H27BN2S2/c1-24-19-33-36-34(20-24)40(27-15-9-4-10-16-27)32-22-35-28(29(23-42-35)25-11-5-2-6-12-25)21-30(32)38(36)37-31(17-18-41-37)39(33)26-13-7-3-8-14-26/h2-16,19-23H,17-18H2,1H3. The summed E-state index contributed by atoms with van der Waals surface area (Å²) < 4.78 is 1.33. The molecule has 0 radical (unpaired) electrons. The summed E-state index contributed by atoms with van der Waals surface area (Å²) in [6, 6.07) is 42.6. The molecule has 3 aliphatic heterocycles. The molecule has 0 unspecified atom stereocenters. The number of aryl methyl sites for hydroxylation is 1. The maximum Gasteiger partial charge on any atom is 0.259 e. The Morgan fingerprint density at radius 2 is 1.33 bits per heavy atom. The molecule has 5 heteroatoms. The minimum Gasteiger partial charge on any atom is -0.315 e. The first-order valence-corrected chi connectivity index (χ1v) is 16.4. The molecule has 0 saturated carbocycles. The molecule has 42 heavy (non-hydrogen) atoms. The Bertz CT molecular complexity index is 2030. The first kappa shape index (κ1) is 24.4. The number of fused-ring (bicyclic) bond motifs is 4. The van der Waals surface area contributed by atoms with Gasteiger partial charge in [0.2, 0.25) is 0 Å². The molecule has 9 rings (SSSR count). The molecule has 0 amide bonds. The van der Waals surface area contributed by atoms with Gasteiger partial charge < -0.3 is 9.80 Å². The van der Waals surface area contributed by atoms with Gasteiger partial charge in [-0.05, 0) is 93.4 Å². The van der Waals surface area contributed by atoms with Gasteiger partial charge in [0, 0.05) is 50.2 Å². The second-order valence-electron chi connectivity index (χ2n) is 11.3. The minimum absolute atomic E-state index is 0.223. The summed E-state index contributed by atoms with van der Waals surface area (Å²) in [5, 5.41) is 3.69. The summed E-state index contributed by atoms with van der Waals surface area (Å²) in [6.45, 7) is 2.47. The minimum atomic E-state index is 0.223. The third kappa shape index (κ3) is 3.54. The lowest BCUT2D eigenvalue weighted by Crippen LogP contribution is -2.55. The number of rotatable bonds is 3. The maximum atomic E-state index is 2.56. The fourth-order valence-electron chi connectivity index (χ4n) is 7.14. The van der Waals surface area contributed by atoms with Crippen molar-refractivity contribution < 1.29 is 0 Å². The van der Waals surface area contributed by atoms with Gasteiger partial charge in [0.05, 0.1) is 0 Å². The molecule has 6 aromatic rings. The third-order valence-electron chi connectivity index (χ3n) is 8.85. The van der Waals surface area contributed by atoms with Crippen LogP contribution in [0.2, 0.25) is 0 Å². The van der Waals surface area contributed by atoms with E-state index >= 15 is 0 Å². The van der Waals surface area contributed by atoms with Crippen LogP contribution in [-0.4, -0.2) is 12.5 Å². The van der Waals surface area contributed by atoms with Crippen LogP contribution in [0.25, 0.3) is 21.2 Å². The number of nitrogens with zero attached hydrogens (tertiary/aromatic N) is 2. The quantitative estimate of drug-likeness (QED) is 0.195. The average molecular weight is 575 g/mol. The van der Waals surface area contributed by atoms with Gasteiger partial charge in [-0.25, -0.2) is 0 Å². The van der Waals surface area contributed by atoms with E-state index in [1.807, 2.05) is 11.3 Å². The Balaban J connectivity index is 1.38. The molecule has 0 N–H and O–H groups in total. The zero-order valence-corrected chi connectivity index (χ0v) is 24.9. The molecule has 0 spiro atoms. The lowest BCUT2D eigenvalue weighted by atomic mass is 9.36. The largest absolute Gasteiger partial charge is 0.315 e. The molecule has 0 aliphatic carbocycles. The number of anilines is 5. The van der Waals surface area contributed by atoms with Crippen LogP contribution < -0.4 is 20.7 Å². The molecule has 0 fully saturated rings. The van der Waals surface area contributed by atoms with E-state index < -0.39 is 0 Å². The van der Waals surface area contributed by atoms with E-state index in [1.165, 1.54) is 76.6 Å². The van der Waals surface area contributed by atoms with Gasteiger partial charge in [-0.1, -0.05) is 72.8 Å². The van der Waals surface area contributed by atoms with E-state index in [2.05, 4.69) is 149 Å². The molecule has 2 nitrogen and oxygen atoms in total. The molecule has 5 aromatic carbocycles. The predicted molar refractivity (Wildman–Crippen MR) is 184 cm³/mol. The first-order chi connectivity index (χ1) is 20.8. The molecular formula is C37H27BN2S2. The predicted octanol–water partition coefficient (Wildman–Crippen LogP) is 9.31. The van der Waals surface area contributed by atoms with Crippen LogP contribution in [0.15, 0.2) is 131 Å². The van der Waals surface area contributed by atoms with Crippen molar-refractivity contribution in [1.29, 1.82) is 0 Å². The zero-order valence-electron chi connectivity index (χ0n) is 23.2. The number of thioether (sulfide) groups is 1. The van der Waals surface area contributed by atoms with Crippen molar-refractivity contribution in [1.82, 2.24) is 0 Å². The fourth-order valence-corrected chi connectivity index (χ4v) is 9.41. The van der Waals surface area contributed by atoms with Crippen LogP contribution in [0.1, 0.15) is 12.0 Å². The summed E-state index contributed by atoms with van der Waals surface area (Å²) in [5.74, 6) is 1.13. The second kappa shape index (κ2) is 9.42. The van der Waals surface area contributed by atoms with Crippen molar-refractivity contribution in [2.75, 3.05) is 15.6 Å². The van der Waals surface area contributed by atoms with Crippen molar-refractivity contribution >= 4 is 79.3 Å². The maximum absolute atomic E-state index is 2.56. The van der Waals surface area contributed by atoms with Crippen LogP contribution in [0.3, 0.4) is 0 Å². The van der Waals surface area contributed by atoms with Gasteiger partial charge in [-0.2, -0.15) is 0 Å². The monoisotopic (exact) mass is 574 g/mol. The van der Waals surface area contributed by atoms with E-state index in [0.717, 1.165) is 12.2 Å². The molecule has 200 valence electrons.